The largest absolute Gasteiger partial charge is 0.362 e. The van der Waals surface area contributed by atoms with E-state index < -0.39 is 0 Å². The van der Waals surface area contributed by atoms with Gasteiger partial charge >= 0.3 is 0 Å². The van der Waals surface area contributed by atoms with E-state index in [0.717, 1.165) is 23.0 Å². The number of thiocarbonyl (C=S) groups is 1. The van der Waals surface area contributed by atoms with Crippen LogP contribution >= 0.6 is 35.6 Å². The summed E-state index contributed by atoms with van der Waals surface area (Å²) >= 11 is 12.8. The van der Waals surface area contributed by atoms with Crippen molar-refractivity contribution < 1.29 is 0 Å². The van der Waals surface area contributed by atoms with Gasteiger partial charge in [0.05, 0.1) is 11.9 Å². The highest BCUT2D eigenvalue weighted by atomic mass is 35.5. The maximum absolute atomic E-state index is 5.84. The molecule has 2 N–H and O–H groups in total. The fourth-order valence-corrected chi connectivity index (χ4v) is 2.59. The van der Waals surface area contributed by atoms with Crippen LogP contribution < -0.4 is 10.6 Å². The van der Waals surface area contributed by atoms with Crippen molar-refractivity contribution in [1.29, 1.82) is 0 Å². The van der Waals surface area contributed by atoms with Crippen molar-refractivity contribution in [1.82, 2.24) is 10.3 Å². The van der Waals surface area contributed by atoms with Crippen LogP contribution in [-0.4, -0.2) is 22.4 Å². The maximum atomic E-state index is 5.84. The van der Waals surface area contributed by atoms with Crippen LogP contribution in [-0.2, 0) is 0 Å². The Bertz CT molecular complexity index is 546. The lowest BCUT2D eigenvalue weighted by molar-refractivity contribution is 0.989. The topological polar surface area (TPSA) is 37.0 Å². The van der Waals surface area contributed by atoms with Gasteiger partial charge in [-0.1, -0.05) is 11.6 Å². The molecule has 1 aromatic heterocycles. The van der Waals surface area contributed by atoms with Gasteiger partial charge in [-0.25, -0.2) is 0 Å². The fraction of sp³-hybridized carbons (Fsp3) is 0.143. The molecule has 20 heavy (non-hydrogen) atoms. The summed E-state index contributed by atoms with van der Waals surface area (Å²) in [4.78, 5) is 5.21. The SMILES string of the molecule is S=C(NCCSc1ccc(Cl)cc1)Nc1cccnc1. The Morgan fingerprint density at radius 3 is 2.75 bits per heavy atom. The van der Waals surface area contributed by atoms with Crippen LogP contribution in [0.5, 0.6) is 0 Å². The predicted octanol–water partition coefficient (Wildman–Crippen LogP) is 3.81. The average Bonchev–Trinajstić information content (AvgIpc) is 2.46. The van der Waals surface area contributed by atoms with Crippen molar-refractivity contribution in [3.05, 3.63) is 53.8 Å². The minimum Gasteiger partial charge on any atom is -0.362 e. The number of anilines is 1. The quantitative estimate of drug-likeness (QED) is 0.497. The van der Waals surface area contributed by atoms with Gasteiger partial charge in [0.1, 0.15) is 0 Å². The lowest BCUT2D eigenvalue weighted by atomic mass is 10.4. The molecule has 0 atom stereocenters. The van der Waals surface area contributed by atoms with Gasteiger partial charge in [0.15, 0.2) is 5.11 Å². The molecule has 0 bridgehead atoms. The molecule has 0 unspecified atom stereocenters. The van der Waals surface area contributed by atoms with Crippen molar-refractivity contribution >= 4 is 46.4 Å². The molecule has 0 aliphatic rings. The number of benzene rings is 1. The van der Waals surface area contributed by atoms with Crippen molar-refractivity contribution in [2.75, 3.05) is 17.6 Å². The minimum atomic E-state index is 0.606. The predicted molar refractivity (Wildman–Crippen MR) is 90.6 cm³/mol. The van der Waals surface area contributed by atoms with Gasteiger partial charge in [0, 0.05) is 28.4 Å². The summed E-state index contributed by atoms with van der Waals surface area (Å²) in [5.74, 6) is 0.927. The Hall–Kier alpha value is -1.30. The second-order valence-electron chi connectivity index (χ2n) is 3.92. The van der Waals surface area contributed by atoms with Crippen LogP contribution in [0.2, 0.25) is 5.02 Å². The van der Waals surface area contributed by atoms with Crippen molar-refractivity contribution in [2.24, 2.45) is 0 Å². The first-order chi connectivity index (χ1) is 9.74. The number of rotatable bonds is 5. The number of pyridine rings is 1. The molecule has 0 aliphatic heterocycles. The van der Waals surface area contributed by atoms with E-state index in [1.54, 1.807) is 24.2 Å². The number of halogens is 1. The maximum Gasteiger partial charge on any atom is 0.170 e. The molecule has 0 amide bonds. The zero-order valence-electron chi connectivity index (χ0n) is 10.7. The van der Waals surface area contributed by atoms with E-state index in [-0.39, 0.29) is 0 Å². The summed E-state index contributed by atoms with van der Waals surface area (Å²) in [6, 6.07) is 11.6. The zero-order valence-corrected chi connectivity index (χ0v) is 13.1. The number of nitrogens with one attached hydrogen (secondary N) is 2. The highest BCUT2D eigenvalue weighted by molar-refractivity contribution is 7.99. The first-order valence-corrected chi connectivity index (χ1v) is 7.84. The summed E-state index contributed by atoms with van der Waals surface area (Å²) in [6.45, 7) is 0.791. The third-order valence-corrected chi connectivity index (χ3v) is 3.90. The molecule has 104 valence electrons. The highest BCUT2D eigenvalue weighted by Crippen LogP contribution is 2.19. The van der Waals surface area contributed by atoms with E-state index in [1.807, 2.05) is 36.4 Å². The van der Waals surface area contributed by atoms with Crippen LogP contribution in [0.4, 0.5) is 5.69 Å². The second-order valence-corrected chi connectivity index (χ2v) is 5.94. The van der Waals surface area contributed by atoms with Crippen molar-refractivity contribution in [3.8, 4) is 0 Å². The molecule has 2 rings (SSSR count). The van der Waals surface area contributed by atoms with Gasteiger partial charge < -0.3 is 10.6 Å². The standard InChI is InChI=1S/C14H14ClN3S2/c15-11-3-5-13(6-4-11)20-9-8-17-14(19)18-12-2-1-7-16-10-12/h1-7,10H,8-9H2,(H2,17,18,19). The Labute approximate surface area is 133 Å². The number of hydrogen-bond donors (Lipinski definition) is 2. The van der Waals surface area contributed by atoms with E-state index in [1.165, 1.54) is 4.90 Å². The van der Waals surface area contributed by atoms with E-state index in [9.17, 15) is 0 Å². The Morgan fingerprint density at radius 2 is 2.05 bits per heavy atom. The van der Waals surface area contributed by atoms with Crippen LogP contribution in [0.15, 0.2) is 53.7 Å². The highest BCUT2D eigenvalue weighted by Gasteiger charge is 1.98. The van der Waals surface area contributed by atoms with Gasteiger partial charge in [0.2, 0.25) is 0 Å². The second kappa shape index (κ2) is 8.09. The Kier molecular flexibility index (Phi) is 6.11. The van der Waals surface area contributed by atoms with Gasteiger partial charge in [0.25, 0.3) is 0 Å². The van der Waals surface area contributed by atoms with Gasteiger partial charge in [-0.05, 0) is 48.6 Å². The molecule has 0 fully saturated rings. The van der Waals surface area contributed by atoms with E-state index >= 15 is 0 Å². The molecular weight excluding hydrogens is 310 g/mol. The monoisotopic (exact) mass is 323 g/mol. The lowest BCUT2D eigenvalue weighted by Crippen LogP contribution is -2.30. The number of thioether (sulfide) groups is 1. The number of nitrogens with zero attached hydrogens (tertiary/aromatic N) is 1. The van der Waals surface area contributed by atoms with Crippen LogP contribution in [0.25, 0.3) is 0 Å². The summed E-state index contributed by atoms with van der Waals surface area (Å²) < 4.78 is 0. The third kappa shape index (κ3) is 5.36. The molecule has 0 aliphatic carbocycles. The van der Waals surface area contributed by atoms with Gasteiger partial charge in [-0.15, -0.1) is 11.8 Å². The molecule has 6 heteroatoms. The zero-order chi connectivity index (χ0) is 14.2. The normalized spacial score (nSPS) is 10.1. The van der Waals surface area contributed by atoms with E-state index in [4.69, 9.17) is 23.8 Å². The average molecular weight is 324 g/mol. The van der Waals surface area contributed by atoms with Gasteiger partial charge in [-0.3, -0.25) is 4.98 Å². The molecule has 2 aromatic rings. The smallest absolute Gasteiger partial charge is 0.170 e. The summed E-state index contributed by atoms with van der Waals surface area (Å²) in [5.41, 5.74) is 0.885. The van der Waals surface area contributed by atoms with E-state index in [2.05, 4.69) is 15.6 Å². The Morgan fingerprint density at radius 1 is 1.25 bits per heavy atom. The molecule has 3 nitrogen and oxygen atoms in total. The number of hydrogen-bond acceptors (Lipinski definition) is 3. The van der Waals surface area contributed by atoms with Crippen molar-refractivity contribution in [2.45, 2.75) is 4.90 Å². The van der Waals surface area contributed by atoms with Crippen molar-refractivity contribution in [3.63, 3.8) is 0 Å². The summed E-state index contributed by atoms with van der Waals surface area (Å²) in [7, 11) is 0. The molecule has 0 spiro atoms. The third-order valence-electron chi connectivity index (χ3n) is 2.39. The molecule has 0 saturated heterocycles. The first kappa shape index (κ1) is 15.1. The summed E-state index contributed by atoms with van der Waals surface area (Å²) in [6.07, 6.45) is 3.46. The lowest BCUT2D eigenvalue weighted by Gasteiger charge is -2.09. The van der Waals surface area contributed by atoms with E-state index in [0.29, 0.717) is 5.11 Å². The molecule has 1 heterocycles. The molecule has 0 radical (unpaired) electrons. The number of aromatic nitrogens is 1. The first-order valence-electron chi connectivity index (χ1n) is 6.07. The van der Waals surface area contributed by atoms with Crippen LogP contribution in [0, 0.1) is 0 Å². The Balaban J connectivity index is 1.66. The fourth-order valence-electron chi connectivity index (χ4n) is 1.48. The molecule has 0 saturated carbocycles. The van der Waals surface area contributed by atoms with Gasteiger partial charge in [-0.2, -0.15) is 0 Å². The molecule has 1 aromatic carbocycles. The van der Waals surface area contributed by atoms with Crippen LogP contribution in [0.1, 0.15) is 0 Å². The minimum absolute atomic E-state index is 0.606. The summed E-state index contributed by atoms with van der Waals surface area (Å²) in [5, 5.41) is 7.60. The van der Waals surface area contributed by atoms with Crippen LogP contribution in [0.3, 0.4) is 0 Å². The molecular formula is C14H14ClN3S2.